The molecular formula is C22H17N7O3S. The maximum Gasteiger partial charge on any atom is 0.250 e. The lowest BCUT2D eigenvalue weighted by molar-refractivity contribution is -0.118. The molecule has 1 aliphatic heterocycles. The maximum absolute atomic E-state index is 12.3. The molecular weight excluding hydrogens is 442 g/mol. The highest BCUT2D eigenvalue weighted by molar-refractivity contribution is 7.99. The van der Waals surface area contributed by atoms with Crippen LogP contribution in [0.5, 0.6) is 11.5 Å². The first-order valence-electron chi connectivity index (χ1n) is 9.88. The molecule has 33 heavy (non-hydrogen) atoms. The van der Waals surface area contributed by atoms with Crippen LogP contribution in [0.25, 0.3) is 17.1 Å². The molecule has 3 heterocycles. The van der Waals surface area contributed by atoms with E-state index in [2.05, 4.69) is 30.7 Å². The fourth-order valence-corrected chi connectivity index (χ4v) is 3.86. The van der Waals surface area contributed by atoms with Crippen molar-refractivity contribution in [3.63, 3.8) is 0 Å². The van der Waals surface area contributed by atoms with Crippen molar-refractivity contribution < 1.29 is 14.3 Å². The van der Waals surface area contributed by atoms with E-state index < -0.39 is 0 Å². The molecule has 0 bridgehead atoms. The Hall–Kier alpha value is -4.25. The largest absolute Gasteiger partial charge is 0.454 e. The Kier molecular flexibility index (Phi) is 5.93. The quantitative estimate of drug-likeness (QED) is 0.255. The van der Waals surface area contributed by atoms with Crippen LogP contribution in [0.3, 0.4) is 0 Å². The Morgan fingerprint density at radius 1 is 1.09 bits per heavy atom. The fraction of sp³-hybridized carbons (Fsp3) is 0.0909. The molecule has 0 saturated heterocycles. The van der Waals surface area contributed by atoms with E-state index >= 15 is 0 Å². The summed E-state index contributed by atoms with van der Waals surface area (Å²) in [7, 11) is 0. The van der Waals surface area contributed by atoms with Crippen molar-refractivity contribution >= 4 is 23.9 Å². The molecule has 5 rings (SSSR count). The van der Waals surface area contributed by atoms with E-state index in [0.29, 0.717) is 28.0 Å². The molecule has 2 aromatic heterocycles. The summed E-state index contributed by atoms with van der Waals surface area (Å²) in [5.41, 5.74) is 4.87. The molecule has 0 fully saturated rings. The van der Waals surface area contributed by atoms with E-state index in [0.717, 1.165) is 11.3 Å². The maximum atomic E-state index is 12.3. The highest BCUT2D eigenvalue weighted by atomic mass is 32.2. The Morgan fingerprint density at radius 3 is 2.76 bits per heavy atom. The molecule has 1 amide bonds. The summed E-state index contributed by atoms with van der Waals surface area (Å²) < 4.78 is 12.8. The minimum Gasteiger partial charge on any atom is -0.454 e. The number of hydrogen-bond donors (Lipinski definition) is 1. The van der Waals surface area contributed by atoms with Gasteiger partial charge in [-0.1, -0.05) is 30.0 Å². The standard InChI is InChI=1S/C22H17N7O3S/c30-20(26-25-11-15-9-23-13-24-10-15)12-33-22-28-27-21(29(22)17-4-2-1-3-5-17)16-6-7-18-19(8-16)32-14-31-18/h1-11,13H,12,14H2,(H,26,30)/b25-11+. The Bertz CT molecular complexity index is 1300. The summed E-state index contributed by atoms with van der Waals surface area (Å²) in [6.07, 6.45) is 6.09. The van der Waals surface area contributed by atoms with Crippen LogP contribution in [-0.2, 0) is 4.79 Å². The van der Waals surface area contributed by atoms with Crippen molar-refractivity contribution in [2.75, 3.05) is 12.5 Å². The number of hydrazone groups is 1. The van der Waals surface area contributed by atoms with Gasteiger partial charge in [0.2, 0.25) is 6.79 Å². The van der Waals surface area contributed by atoms with Crippen LogP contribution in [-0.4, -0.2) is 49.4 Å². The number of ether oxygens (including phenoxy) is 2. The molecule has 10 nitrogen and oxygen atoms in total. The number of carbonyl (C=O) groups excluding carboxylic acids is 1. The van der Waals surface area contributed by atoms with Gasteiger partial charge >= 0.3 is 0 Å². The van der Waals surface area contributed by atoms with Gasteiger partial charge in [0.25, 0.3) is 5.91 Å². The van der Waals surface area contributed by atoms with Gasteiger partial charge in [0.05, 0.1) is 12.0 Å². The van der Waals surface area contributed by atoms with Gasteiger partial charge in [-0.2, -0.15) is 5.10 Å². The number of hydrogen-bond acceptors (Lipinski definition) is 9. The lowest BCUT2D eigenvalue weighted by Gasteiger charge is -2.10. The van der Waals surface area contributed by atoms with Crippen LogP contribution in [0.4, 0.5) is 0 Å². The van der Waals surface area contributed by atoms with E-state index in [-0.39, 0.29) is 18.5 Å². The van der Waals surface area contributed by atoms with E-state index in [1.807, 2.05) is 53.1 Å². The van der Waals surface area contributed by atoms with E-state index in [1.165, 1.54) is 24.3 Å². The van der Waals surface area contributed by atoms with Crippen molar-refractivity contribution in [1.82, 2.24) is 30.2 Å². The van der Waals surface area contributed by atoms with Crippen LogP contribution in [0.2, 0.25) is 0 Å². The minimum absolute atomic E-state index is 0.106. The van der Waals surface area contributed by atoms with Crippen LogP contribution in [0, 0.1) is 0 Å². The first-order valence-corrected chi connectivity index (χ1v) is 10.9. The van der Waals surface area contributed by atoms with Crippen molar-refractivity contribution in [3.8, 4) is 28.6 Å². The number of fused-ring (bicyclic) bond motifs is 1. The molecule has 0 atom stereocenters. The third-order valence-electron chi connectivity index (χ3n) is 4.59. The van der Waals surface area contributed by atoms with E-state index in [1.54, 1.807) is 12.4 Å². The summed E-state index contributed by atoms with van der Waals surface area (Å²) in [5.74, 6) is 1.81. The smallest absolute Gasteiger partial charge is 0.250 e. The van der Waals surface area contributed by atoms with Gasteiger partial charge < -0.3 is 9.47 Å². The minimum atomic E-state index is -0.277. The fourth-order valence-electron chi connectivity index (χ4n) is 3.11. The zero-order valence-corrected chi connectivity index (χ0v) is 18.0. The molecule has 4 aromatic rings. The predicted octanol–water partition coefficient (Wildman–Crippen LogP) is 2.70. The second-order valence-corrected chi connectivity index (χ2v) is 7.74. The third kappa shape index (κ3) is 4.67. The Balaban J connectivity index is 1.35. The first kappa shape index (κ1) is 20.6. The van der Waals surface area contributed by atoms with Gasteiger partial charge in [-0.25, -0.2) is 15.4 Å². The van der Waals surface area contributed by atoms with Crippen LogP contribution >= 0.6 is 11.8 Å². The SMILES string of the molecule is O=C(CSc1nnc(-c2ccc3c(c2)OCO3)n1-c1ccccc1)N/N=C/c1cncnc1. The third-order valence-corrected chi connectivity index (χ3v) is 5.52. The molecule has 0 unspecified atom stereocenters. The number of aromatic nitrogens is 5. The summed E-state index contributed by atoms with van der Waals surface area (Å²) in [4.78, 5) is 20.1. The molecule has 2 aromatic carbocycles. The van der Waals surface area contributed by atoms with E-state index in [9.17, 15) is 4.79 Å². The van der Waals surface area contributed by atoms with Gasteiger partial charge in [-0.05, 0) is 30.3 Å². The summed E-state index contributed by atoms with van der Waals surface area (Å²) in [5, 5.41) is 13.2. The van der Waals surface area contributed by atoms with Crippen molar-refractivity contribution in [3.05, 3.63) is 72.8 Å². The molecule has 1 N–H and O–H groups in total. The predicted molar refractivity (Wildman–Crippen MR) is 121 cm³/mol. The van der Waals surface area contributed by atoms with Crippen molar-refractivity contribution in [2.45, 2.75) is 5.16 Å². The average molecular weight is 459 g/mol. The number of thioether (sulfide) groups is 1. The lowest BCUT2D eigenvalue weighted by atomic mass is 10.2. The number of nitrogens with zero attached hydrogens (tertiary/aromatic N) is 6. The van der Waals surface area contributed by atoms with Crippen LogP contribution < -0.4 is 14.9 Å². The van der Waals surface area contributed by atoms with Gasteiger partial charge in [0.15, 0.2) is 22.5 Å². The number of nitrogens with one attached hydrogen (secondary N) is 1. The zero-order chi connectivity index (χ0) is 22.5. The van der Waals surface area contributed by atoms with Gasteiger partial charge in [-0.15, -0.1) is 10.2 Å². The number of amides is 1. The molecule has 11 heteroatoms. The molecule has 0 spiro atoms. The topological polar surface area (TPSA) is 116 Å². The summed E-state index contributed by atoms with van der Waals surface area (Å²) in [6.45, 7) is 0.195. The van der Waals surface area contributed by atoms with Crippen LogP contribution in [0.1, 0.15) is 5.56 Å². The second-order valence-electron chi connectivity index (χ2n) is 6.80. The van der Waals surface area contributed by atoms with Gasteiger partial charge in [0, 0.05) is 29.2 Å². The van der Waals surface area contributed by atoms with Crippen molar-refractivity contribution in [1.29, 1.82) is 0 Å². The normalized spacial score (nSPS) is 12.2. The molecule has 164 valence electrons. The highest BCUT2D eigenvalue weighted by Gasteiger charge is 2.20. The number of rotatable bonds is 7. The van der Waals surface area contributed by atoms with Crippen LogP contribution in [0.15, 0.2) is 77.5 Å². The highest BCUT2D eigenvalue weighted by Crippen LogP contribution is 2.36. The second kappa shape index (κ2) is 9.49. The summed E-state index contributed by atoms with van der Waals surface area (Å²) >= 11 is 1.26. The Labute approximate surface area is 192 Å². The molecule has 1 aliphatic rings. The Morgan fingerprint density at radius 2 is 1.91 bits per heavy atom. The number of para-hydroxylation sites is 1. The van der Waals surface area contributed by atoms with Gasteiger partial charge in [0.1, 0.15) is 6.33 Å². The molecule has 0 aliphatic carbocycles. The lowest BCUT2D eigenvalue weighted by Crippen LogP contribution is -2.20. The monoisotopic (exact) mass is 459 g/mol. The number of carbonyl (C=O) groups is 1. The number of benzene rings is 2. The molecule has 0 saturated carbocycles. The van der Waals surface area contributed by atoms with Crippen molar-refractivity contribution in [2.24, 2.45) is 5.10 Å². The average Bonchev–Trinajstić information content (AvgIpc) is 3.50. The van der Waals surface area contributed by atoms with Gasteiger partial charge in [-0.3, -0.25) is 9.36 Å². The first-order chi connectivity index (χ1) is 16.3. The van der Waals surface area contributed by atoms with E-state index in [4.69, 9.17) is 9.47 Å². The molecule has 0 radical (unpaired) electrons. The zero-order valence-electron chi connectivity index (χ0n) is 17.2. The summed E-state index contributed by atoms with van der Waals surface area (Å²) in [6, 6.07) is 15.3.